The van der Waals surface area contributed by atoms with E-state index in [1.165, 1.54) is 12.1 Å². The Morgan fingerprint density at radius 1 is 0.800 bits per heavy atom. The fourth-order valence-corrected chi connectivity index (χ4v) is 3.37. The Balaban J connectivity index is 1.71. The van der Waals surface area contributed by atoms with Crippen LogP contribution in [0, 0.1) is 0 Å². The maximum absolute atomic E-state index is 12.3. The largest absolute Gasteiger partial charge is 0.367 e. The van der Waals surface area contributed by atoms with E-state index in [0.29, 0.717) is 10.7 Å². The third-order valence-corrected chi connectivity index (χ3v) is 4.57. The number of oxime groups is 1. The first-order valence-corrected chi connectivity index (χ1v) is 8.34. The van der Waals surface area contributed by atoms with E-state index in [-0.39, 0.29) is 10.6 Å². The predicted molar refractivity (Wildman–Crippen MR) is 99.4 cm³/mol. The number of carbonyl (C=O) groups is 1. The first-order valence-electron chi connectivity index (χ1n) is 7.59. The summed E-state index contributed by atoms with van der Waals surface area (Å²) < 4.78 is 0. The van der Waals surface area contributed by atoms with Gasteiger partial charge in [0.25, 0.3) is 0 Å². The summed E-state index contributed by atoms with van der Waals surface area (Å²) in [5.41, 5.74) is 4.84. The van der Waals surface area contributed by atoms with Crippen LogP contribution in [0.25, 0.3) is 11.1 Å². The molecule has 0 aliphatic heterocycles. The number of rotatable bonds is 2. The summed E-state index contributed by atoms with van der Waals surface area (Å²) in [6.07, 6.45) is 0. The summed E-state index contributed by atoms with van der Waals surface area (Å²) in [5, 5.41) is 4.80. The zero-order valence-electron chi connectivity index (χ0n) is 12.9. The van der Waals surface area contributed by atoms with Crippen LogP contribution in [0.2, 0.25) is 10.0 Å². The average molecular weight is 368 g/mol. The summed E-state index contributed by atoms with van der Waals surface area (Å²) in [6, 6.07) is 20.3. The van der Waals surface area contributed by atoms with Gasteiger partial charge in [0.15, 0.2) is 0 Å². The normalized spacial score (nSPS) is 11.7. The van der Waals surface area contributed by atoms with Crippen LogP contribution in [0.3, 0.4) is 0 Å². The second-order valence-corrected chi connectivity index (χ2v) is 6.38. The molecule has 3 aromatic rings. The lowest BCUT2D eigenvalue weighted by molar-refractivity contribution is 0.0517. The van der Waals surface area contributed by atoms with E-state index in [2.05, 4.69) is 5.16 Å². The van der Waals surface area contributed by atoms with Crippen LogP contribution < -0.4 is 0 Å². The summed E-state index contributed by atoms with van der Waals surface area (Å²) in [4.78, 5) is 17.5. The number of hydrogen-bond acceptors (Lipinski definition) is 3. The molecule has 3 aromatic carbocycles. The van der Waals surface area contributed by atoms with Crippen molar-refractivity contribution in [1.29, 1.82) is 0 Å². The Kier molecular flexibility index (Phi) is 4.04. The molecule has 3 nitrogen and oxygen atoms in total. The quantitative estimate of drug-likeness (QED) is 0.342. The summed E-state index contributed by atoms with van der Waals surface area (Å²) in [6.45, 7) is 0. The van der Waals surface area contributed by atoms with E-state index in [1.54, 1.807) is 6.07 Å². The highest BCUT2D eigenvalue weighted by atomic mass is 35.5. The van der Waals surface area contributed by atoms with Gasteiger partial charge in [-0.25, -0.2) is 4.79 Å². The number of nitrogens with zero attached hydrogens (tertiary/aromatic N) is 1. The SMILES string of the molecule is O=C(ON=C1c2ccccc2-c2ccccc21)c1ccc(Cl)cc1Cl. The fourth-order valence-electron chi connectivity index (χ4n) is 2.88. The topological polar surface area (TPSA) is 38.7 Å². The molecule has 0 N–H and O–H groups in total. The Morgan fingerprint density at radius 2 is 1.36 bits per heavy atom. The Bertz CT molecular complexity index is 980. The predicted octanol–water partition coefficient (Wildman–Crippen LogP) is 5.58. The molecule has 25 heavy (non-hydrogen) atoms. The third-order valence-electron chi connectivity index (χ3n) is 4.03. The number of carbonyl (C=O) groups excluding carboxylic acids is 1. The summed E-state index contributed by atoms with van der Waals surface area (Å²) in [5.74, 6) is -0.629. The summed E-state index contributed by atoms with van der Waals surface area (Å²) >= 11 is 11.9. The first kappa shape index (κ1) is 15.9. The standard InChI is InChI=1S/C20H11Cl2NO2/c21-12-9-10-17(18(22)11-12)20(24)25-23-19-15-7-3-1-5-13(15)14-6-2-4-8-16(14)19/h1-11H. The summed E-state index contributed by atoms with van der Waals surface area (Å²) in [7, 11) is 0. The van der Waals surface area contributed by atoms with Gasteiger partial charge >= 0.3 is 5.97 Å². The zero-order valence-corrected chi connectivity index (χ0v) is 14.4. The zero-order chi connectivity index (χ0) is 17.4. The minimum absolute atomic E-state index is 0.218. The molecule has 0 radical (unpaired) electrons. The molecule has 122 valence electrons. The third kappa shape index (κ3) is 2.82. The highest BCUT2D eigenvalue weighted by Gasteiger charge is 2.25. The number of benzene rings is 3. The van der Waals surface area contributed by atoms with E-state index in [0.717, 1.165) is 22.3 Å². The highest BCUT2D eigenvalue weighted by Crippen LogP contribution is 2.36. The van der Waals surface area contributed by atoms with Gasteiger partial charge in [0.1, 0.15) is 5.71 Å². The van der Waals surface area contributed by atoms with Gasteiger partial charge in [-0.1, -0.05) is 76.9 Å². The van der Waals surface area contributed by atoms with Gasteiger partial charge in [0, 0.05) is 16.1 Å². The van der Waals surface area contributed by atoms with Crippen molar-refractivity contribution in [3.05, 3.63) is 93.5 Å². The molecule has 0 spiro atoms. The van der Waals surface area contributed by atoms with Crippen LogP contribution in [-0.4, -0.2) is 11.7 Å². The van der Waals surface area contributed by atoms with E-state index in [4.69, 9.17) is 28.0 Å². The molecule has 0 aromatic heterocycles. The molecular formula is C20H11Cl2NO2. The molecule has 0 heterocycles. The fraction of sp³-hybridized carbons (Fsp3) is 0. The molecular weight excluding hydrogens is 357 g/mol. The molecule has 0 amide bonds. The van der Waals surface area contributed by atoms with Gasteiger partial charge < -0.3 is 4.84 Å². The monoisotopic (exact) mass is 367 g/mol. The van der Waals surface area contributed by atoms with E-state index >= 15 is 0 Å². The lowest BCUT2D eigenvalue weighted by Crippen LogP contribution is -2.06. The second kappa shape index (κ2) is 6.36. The Labute approximate surface area is 154 Å². The van der Waals surface area contributed by atoms with Crippen molar-refractivity contribution in [3.63, 3.8) is 0 Å². The minimum Gasteiger partial charge on any atom is -0.312 e. The maximum Gasteiger partial charge on any atom is 0.367 e. The molecule has 5 heteroatoms. The van der Waals surface area contributed by atoms with Crippen molar-refractivity contribution in [2.75, 3.05) is 0 Å². The lowest BCUT2D eigenvalue weighted by atomic mass is 10.1. The van der Waals surface area contributed by atoms with Crippen LogP contribution in [0.15, 0.2) is 71.9 Å². The molecule has 0 unspecified atom stereocenters. The molecule has 1 aliphatic rings. The van der Waals surface area contributed by atoms with Crippen molar-refractivity contribution in [2.24, 2.45) is 5.16 Å². The Morgan fingerprint density at radius 3 is 1.92 bits per heavy atom. The van der Waals surface area contributed by atoms with Gasteiger partial charge in [-0.2, -0.15) is 0 Å². The van der Waals surface area contributed by atoms with Crippen molar-refractivity contribution in [2.45, 2.75) is 0 Å². The highest BCUT2D eigenvalue weighted by molar-refractivity contribution is 6.36. The van der Waals surface area contributed by atoms with Crippen molar-refractivity contribution in [1.82, 2.24) is 0 Å². The Hall–Kier alpha value is -2.62. The van der Waals surface area contributed by atoms with Gasteiger partial charge in [-0.3, -0.25) is 0 Å². The first-order chi connectivity index (χ1) is 12.1. The molecule has 0 atom stereocenters. The van der Waals surface area contributed by atoms with Gasteiger partial charge in [0.2, 0.25) is 0 Å². The van der Waals surface area contributed by atoms with Crippen molar-refractivity contribution in [3.8, 4) is 11.1 Å². The number of hydrogen-bond donors (Lipinski definition) is 0. The van der Waals surface area contributed by atoms with Crippen LogP contribution in [0.1, 0.15) is 21.5 Å². The number of halogens is 2. The van der Waals surface area contributed by atoms with Gasteiger partial charge in [-0.15, -0.1) is 0 Å². The van der Waals surface area contributed by atoms with Gasteiger partial charge in [-0.05, 0) is 29.3 Å². The molecule has 0 fully saturated rings. The minimum atomic E-state index is -0.629. The van der Waals surface area contributed by atoms with Crippen LogP contribution >= 0.6 is 23.2 Å². The molecule has 1 aliphatic carbocycles. The van der Waals surface area contributed by atoms with E-state index in [9.17, 15) is 4.79 Å². The smallest absolute Gasteiger partial charge is 0.312 e. The molecule has 0 saturated carbocycles. The van der Waals surface area contributed by atoms with E-state index in [1.807, 2.05) is 48.5 Å². The maximum atomic E-state index is 12.3. The van der Waals surface area contributed by atoms with Crippen molar-refractivity contribution < 1.29 is 9.63 Å². The second-order valence-electron chi connectivity index (χ2n) is 5.53. The van der Waals surface area contributed by atoms with Crippen LogP contribution in [0.5, 0.6) is 0 Å². The van der Waals surface area contributed by atoms with Crippen LogP contribution in [-0.2, 0) is 4.84 Å². The molecule has 4 rings (SSSR count). The molecule has 0 saturated heterocycles. The lowest BCUT2D eigenvalue weighted by Gasteiger charge is -2.04. The average Bonchev–Trinajstić information content (AvgIpc) is 2.94. The molecule has 0 bridgehead atoms. The van der Waals surface area contributed by atoms with Crippen molar-refractivity contribution >= 4 is 34.9 Å². The van der Waals surface area contributed by atoms with Gasteiger partial charge in [0.05, 0.1) is 10.6 Å². The number of fused-ring (bicyclic) bond motifs is 3. The van der Waals surface area contributed by atoms with Crippen LogP contribution in [0.4, 0.5) is 0 Å². The van der Waals surface area contributed by atoms with E-state index < -0.39 is 5.97 Å².